The van der Waals surface area contributed by atoms with Gasteiger partial charge in [0.1, 0.15) is 0 Å². The van der Waals surface area contributed by atoms with Gasteiger partial charge >= 0.3 is 0 Å². The van der Waals surface area contributed by atoms with E-state index in [9.17, 15) is 0 Å². The molecule has 0 bridgehead atoms. The van der Waals surface area contributed by atoms with E-state index in [0.29, 0.717) is 5.71 Å². The van der Waals surface area contributed by atoms with Crippen LogP contribution in [0.3, 0.4) is 0 Å². The number of hydrogen-bond acceptors (Lipinski definition) is 2. The lowest BCUT2D eigenvalue weighted by Crippen LogP contribution is -1.92. The summed E-state index contributed by atoms with van der Waals surface area (Å²) in [6.07, 6.45) is 0. The molecular formula is C3H7NO. The minimum Gasteiger partial charge on any atom is -0.390 e. The SMILES string of the molecule is CC(=N)CO. The summed E-state index contributed by atoms with van der Waals surface area (Å²) < 4.78 is 0. The van der Waals surface area contributed by atoms with Gasteiger partial charge in [-0.2, -0.15) is 0 Å². The third-order valence-electron chi connectivity index (χ3n) is 0.237. The lowest BCUT2D eigenvalue weighted by atomic mass is 10.5. The molecule has 0 amide bonds. The van der Waals surface area contributed by atoms with Gasteiger partial charge in [0.15, 0.2) is 0 Å². The van der Waals surface area contributed by atoms with Gasteiger partial charge in [0.2, 0.25) is 0 Å². The van der Waals surface area contributed by atoms with E-state index >= 15 is 0 Å². The highest BCUT2D eigenvalue weighted by Gasteiger charge is 1.72. The van der Waals surface area contributed by atoms with Crippen LogP contribution in [0.25, 0.3) is 0 Å². The smallest absolute Gasteiger partial charge is 0.0803 e. The first-order chi connectivity index (χ1) is 2.27. The van der Waals surface area contributed by atoms with Crippen molar-refractivity contribution >= 4 is 5.71 Å². The Labute approximate surface area is 30.9 Å². The van der Waals surface area contributed by atoms with E-state index in [1.165, 1.54) is 0 Å². The zero-order valence-electron chi connectivity index (χ0n) is 3.15. The fourth-order valence-corrected chi connectivity index (χ4v) is 0. The van der Waals surface area contributed by atoms with Crippen molar-refractivity contribution in [2.24, 2.45) is 0 Å². The van der Waals surface area contributed by atoms with Crippen LogP contribution in [0.1, 0.15) is 6.92 Å². The molecule has 0 aromatic carbocycles. The van der Waals surface area contributed by atoms with Crippen LogP contribution in [-0.2, 0) is 0 Å². The quantitative estimate of drug-likeness (QED) is 0.422. The van der Waals surface area contributed by atoms with Gasteiger partial charge in [0, 0.05) is 5.71 Å². The maximum Gasteiger partial charge on any atom is 0.0803 e. The molecule has 0 saturated carbocycles. The van der Waals surface area contributed by atoms with Crippen molar-refractivity contribution in [3.05, 3.63) is 0 Å². The zero-order chi connectivity index (χ0) is 4.28. The summed E-state index contributed by atoms with van der Waals surface area (Å²) in [6, 6.07) is 0. The van der Waals surface area contributed by atoms with E-state index < -0.39 is 0 Å². The molecule has 2 nitrogen and oxygen atoms in total. The van der Waals surface area contributed by atoms with Crippen molar-refractivity contribution in [2.75, 3.05) is 6.61 Å². The second-order valence-corrected chi connectivity index (χ2v) is 0.938. The fourth-order valence-electron chi connectivity index (χ4n) is 0. The molecule has 0 unspecified atom stereocenters. The normalized spacial score (nSPS) is 7.60. The Bertz CT molecular complexity index is 42.2. The van der Waals surface area contributed by atoms with Gasteiger partial charge in [0.25, 0.3) is 0 Å². The Kier molecular flexibility index (Phi) is 1.76. The van der Waals surface area contributed by atoms with Gasteiger partial charge < -0.3 is 10.5 Å². The van der Waals surface area contributed by atoms with E-state index in [0.717, 1.165) is 0 Å². The summed E-state index contributed by atoms with van der Waals surface area (Å²) in [6.45, 7) is 1.44. The molecule has 0 aliphatic carbocycles. The lowest BCUT2D eigenvalue weighted by molar-refractivity contribution is 0.356. The maximum absolute atomic E-state index is 7.92. The molecule has 0 radical (unpaired) electrons. The van der Waals surface area contributed by atoms with Gasteiger partial charge in [-0.1, -0.05) is 0 Å². The minimum absolute atomic E-state index is 0.111. The van der Waals surface area contributed by atoms with Crippen molar-refractivity contribution in [2.45, 2.75) is 6.92 Å². The largest absolute Gasteiger partial charge is 0.390 e. The van der Waals surface area contributed by atoms with Crippen LogP contribution in [0.5, 0.6) is 0 Å². The van der Waals surface area contributed by atoms with E-state index in [1.54, 1.807) is 6.92 Å². The van der Waals surface area contributed by atoms with Gasteiger partial charge in [-0.25, -0.2) is 0 Å². The summed E-state index contributed by atoms with van der Waals surface area (Å²) in [5.74, 6) is 0. The topological polar surface area (TPSA) is 44.1 Å². The van der Waals surface area contributed by atoms with Crippen LogP contribution in [0.2, 0.25) is 0 Å². The number of aliphatic hydroxyl groups is 1. The first-order valence-electron chi connectivity index (χ1n) is 1.42. The first kappa shape index (κ1) is 4.63. The second-order valence-electron chi connectivity index (χ2n) is 0.938. The molecule has 0 aromatic heterocycles. The Hall–Kier alpha value is -0.370. The first-order valence-corrected chi connectivity index (χ1v) is 1.42. The van der Waals surface area contributed by atoms with E-state index in [4.69, 9.17) is 10.5 Å². The average Bonchev–Trinajstić information content (AvgIpc) is 1.38. The predicted octanol–water partition coefficient (Wildman–Crippen LogP) is 0.0184. The molecule has 5 heavy (non-hydrogen) atoms. The van der Waals surface area contributed by atoms with Gasteiger partial charge in [-0.15, -0.1) is 0 Å². The van der Waals surface area contributed by atoms with Crippen LogP contribution in [0.15, 0.2) is 0 Å². The average molecular weight is 73.1 g/mol. The van der Waals surface area contributed by atoms with Crippen LogP contribution < -0.4 is 0 Å². The molecule has 0 rings (SSSR count). The summed E-state index contributed by atoms with van der Waals surface area (Å²) in [5.41, 5.74) is 0.310. The van der Waals surface area contributed by atoms with Crippen LogP contribution in [-0.4, -0.2) is 17.4 Å². The third-order valence-corrected chi connectivity index (χ3v) is 0.237. The molecule has 0 aliphatic heterocycles. The molecular weight excluding hydrogens is 66.0 g/mol. The van der Waals surface area contributed by atoms with Gasteiger partial charge in [-0.05, 0) is 6.92 Å². The van der Waals surface area contributed by atoms with Crippen LogP contribution >= 0.6 is 0 Å². The summed E-state index contributed by atoms with van der Waals surface area (Å²) in [7, 11) is 0. The maximum atomic E-state index is 7.92. The highest BCUT2D eigenvalue weighted by Crippen LogP contribution is 1.57. The summed E-state index contributed by atoms with van der Waals surface area (Å²) >= 11 is 0. The summed E-state index contributed by atoms with van der Waals surface area (Å²) in [5, 5.41) is 14.4. The number of rotatable bonds is 1. The molecule has 2 N–H and O–H groups in total. The van der Waals surface area contributed by atoms with Gasteiger partial charge in [-0.3, -0.25) is 0 Å². The molecule has 0 aliphatic rings. The monoisotopic (exact) mass is 73.1 g/mol. The third kappa shape index (κ3) is 3.63. The van der Waals surface area contributed by atoms with E-state index in [1.807, 2.05) is 0 Å². The number of hydrogen-bond donors (Lipinski definition) is 2. The molecule has 0 atom stereocenters. The van der Waals surface area contributed by atoms with Crippen molar-refractivity contribution in [3.8, 4) is 0 Å². The van der Waals surface area contributed by atoms with Crippen LogP contribution in [0, 0.1) is 5.41 Å². The standard InChI is InChI=1S/C3H7NO/c1-3(4)2-5/h4-5H,2H2,1H3. The van der Waals surface area contributed by atoms with E-state index in [-0.39, 0.29) is 6.61 Å². The molecule has 0 saturated heterocycles. The number of aliphatic hydroxyl groups excluding tert-OH is 1. The minimum atomic E-state index is -0.111. The molecule has 0 aromatic rings. The van der Waals surface area contributed by atoms with Crippen molar-refractivity contribution in [1.82, 2.24) is 0 Å². The number of nitrogens with one attached hydrogen (secondary N) is 1. The second kappa shape index (κ2) is 1.91. The molecule has 30 valence electrons. The fraction of sp³-hybridized carbons (Fsp3) is 0.667. The molecule has 0 spiro atoms. The van der Waals surface area contributed by atoms with Crippen molar-refractivity contribution in [3.63, 3.8) is 0 Å². The Morgan fingerprint density at radius 3 is 2.20 bits per heavy atom. The highest BCUT2D eigenvalue weighted by atomic mass is 16.3. The molecule has 0 fully saturated rings. The molecule has 2 heteroatoms. The Balaban J connectivity index is 2.85. The van der Waals surface area contributed by atoms with E-state index in [2.05, 4.69) is 0 Å². The van der Waals surface area contributed by atoms with Crippen LogP contribution in [0.4, 0.5) is 0 Å². The zero-order valence-corrected chi connectivity index (χ0v) is 3.15. The summed E-state index contributed by atoms with van der Waals surface area (Å²) in [4.78, 5) is 0. The van der Waals surface area contributed by atoms with Gasteiger partial charge in [0.05, 0.1) is 6.61 Å². The molecule has 0 heterocycles. The van der Waals surface area contributed by atoms with Crippen molar-refractivity contribution in [1.29, 1.82) is 5.41 Å². The Morgan fingerprint density at radius 1 is 2.00 bits per heavy atom. The lowest BCUT2D eigenvalue weighted by Gasteiger charge is -1.77. The predicted molar refractivity (Wildman–Crippen MR) is 20.5 cm³/mol. The Morgan fingerprint density at radius 2 is 2.20 bits per heavy atom. The highest BCUT2D eigenvalue weighted by molar-refractivity contribution is 5.79. The van der Waals surface area contributed by atoms with Crippen molar-refractivity contribution < 1.29 is 5.11 Å².